The first-order valence-corrected chi connectivity index (χ1v) is 11.1. The fraction of sp³-hybridized carbons (Fsp3) is 0.280. The molecule has 0 aliphatic carbocycles. The van der Waals surface area contributed by atoms with Gasteiger partial charge in [0.2, 0.25) is 0 Å². The minimum Gasteiger partial charge on any atom is -0.331 e. The summed E-state index contributed by atoms with van der Waals surface area (Å²) in [6.45, 7) is 3.81. The van der Waals surface area contributed by atoms with Gasteiger partial charge in [0.25, 0.3) is 0 Å². The molecule has 7 heteroatoms. The van der Waals surface area contributed by atoms with Crippen LogP contribution in [0.2, 0.25) is 0 Å². The summed E-state index contributed by atoms with van der Waals surface area (Å²) >= 11 is 0. The molecular weight excluding hydrogens is 400 g/mol. The number of nitrogens with one attached hydrogen (secondary N) is 2. The molecule has 1 aromatic carbocycles. The fourth-order valence-electron chi connectivity index (χ4n) is 4.86. The number of aromatic nitrogens is 3. The molecule has 4 aromatic rings. The molecule has 0 radical (unpaired) electrons. The molecule has 0 saturated carbocycles. The first-order valence-electron chi connectivity index (χ1n) is 11.1. The number of fused-ring (bicyclic) bond motifs is 4. The van der Waals surface area contributed by atoms with Crippen LogP contribution in [0.25, 0.3) is 33.2 Å². The second kappa shape index (κ2) is 7.53. The first-order chi connectivity index (χ1) is 15.7. The molecular formula is C25H24N6O. The average molecular weight is 425 g/mol. The van der Waals surface area contributed by atoms with Gasteiger partial charge in [0.05, 0.1) is 28.5 Å². The molecule has 160 valence electrons. The zero-order valence-electron chi connectivity index (χ0n) is 17.9. The Morgan fingerprint density at radius 1 is 1.00 bits per heavy atom. The van der Waals surface area contributed by atoms with Gasteiger partial charge in [-0.25, -0.2) is 9.78 Å². The second-order valence-corrected chi connectivity index (χ2v) is 8.57. The molecule has 2 aliphatic rings. The zero-order chi connectivity index (χ0) is 21.7. The summed E-state index contributed by atoms with van der Waals surface area (Å²) in [6, 6.07) is 14.1. The molecule has 1 unspecified atom stereocenters. The third-order valence-corrected chi connectivity index (χ3v) is 6.54. The van der Waals surface area contributed by atoms with E-state index in [1.165, 1.54) is 0 Å². The minimum atomic E-state index is -0.111. The van der Waals surface area contributed by atoms with Gasteiger partial charge in [-0.05, 0) is 57.1 Å². The van der Waals surface area contributed by atoms with Crippen molar-refractivity contribution in [1.29, 1.82) is 0 Å². The summed E-state index contributed by atoms with van der Waals surface area (Å²) < 4.78 is 0. The number of urea groups is 1. The summed E-state index contributed by atoms with van der Waals surface area (Å²) in [4.78, 5) is 29.4. The normalized spacial score (nSPS) is 19.2. The van der Waals surface area contributed by atoms with Gasteiger partial charge >= 0.3 is 6.03 Å². The summed E-state index contributed by atoms with van der Waals surface area (Å²) in [5.74, 6) is 0. The molecule has 32 heavy (non-hydrogen) atoms. The van der Waals surface area contributed by atoms with E-state index in [-0.39, 0.29) is 18.1 Å². The summed E-state index contributed by atoms with van der Waals surface area (Å²) in [7, 11) is 0. The number of amides is 2. The summed E-state index contributed by atoms with van der Waals surface area (Å²) in [5, 5.41) is 7.57. The maximum absolute atomic E-state index is 13.1. The predicted octanol–water partition coefficient (Wildman–Crippen LogP) is 4.19. The Morgan fingerprint density at radius 2 is 1.81 bits per heavy atom. The number of carbonyl (C=O) groups is 1. The summed E-state index contributed by atoms with van der Waals surface area (Å²) in [6.07, 6.45) is 5.58. The lowest BCUT2D eigenvalue weighted by atomic mass is 9.98. The third kappa shape index (κ3) is 3.08. The van der Waals surface area contributed by atoms with Crippen molar-refractivity contribution in [3.8, 4) is 11.3 Å². The van der Waals surface area contributed by atoms with Crippen LogP contribution in [0.15, 0.2) is 54.9 Å². The number of benzene rings is 1. The van der Waals surface area contributed by atoms with Gasteiger partial charge < -0.3 is 10.6 Å². The lowest BCUT2D eigenvalue weighted by Gasteiger charge is -2.40. The number of piperidine rings is 1. The Morgan fingerprint density at radius 3 is 2.69 bits per heavy atom. The van der Waals surface area contributed by atoms with Crippen molar-refractivity contribution in [2.24, 2.45) is 0 Å². The Labute approximate surface area is 185 Å². The molecule has 0 spiro atoms. The Bertz CT molecular complexity index is 1350. The van der Waals surface area contributed by atoms with Gasteiger partial charge in [-0.2, -0.15) is 0 Å². The van der Waals surface area contributed by atoms with Crippen LogP contribution in [-0.4, -0.2) is 40.1 Å². The lowest BCUT2D eigenvalue weighted by molar-refractivity contribution is 0.236. The monoisotopic (exact) mass is 424 g/mol. The van der Waals surface area contributed by atoms with E-state index in [9.17, 15) is 4.79 Å². The highest BCUT2D eigenvalue weighted by atomic mass is 16.2. The molecule has 0 bridgehead atoms. The van der Waals surface area contributed by atoms with Crippen LogP contribution in [0.3, 0.4) is 0 Å². The molecule has 6 rings (SSSR count). The number of hydrogen-bond acceptors (Lipinski definition) is 5. The van der Waals surface area contributed by atoms with Crippen molar-refractivity contribution < 1.29 is 4.79 Å². The van der Waals surface area contributed by atoms with E-state index in [1.54, 1.807) is 0 Å². The smallest absolute Gasteiger partial charge is 0.322 e. The Kier molecular flexibility index (Phi) is 4.50. The minimum absolute atomic E-state index is 0.0519. The van der Waals surface area contributed by atoms with Gasteiger partial charge in [-0.1, -0.05) is 18.2 Å². The molecule has 1 atom stereocenters. The van der Waals surface area contributed by atoms with Crippen molar-refractivity contribution in [3.63, 3.8) is 0 Å². The van der Waals surface area contributed by atoms with Crippen molar-refractivity contribution in [1.82, 2.24) is 25.6 Å². The Hall–Kier alpha value is -3.58. The topological polar surface area (TPSA) is 83.0 Å². The predicted molar refractivity (Wildman–Crippen MR) is 126 cm³/mol. The van der Waals surface area contributed by atoms with E-state index in [2.05, 4.69) is 32.7 Å². The quantitative estimate of drug-likeness (QED) is 0.504. The maximum Gasteiger partial charge on any atom is 0.322 e. The summed E-state index contributed by atoms with van der Waals surface area (Å²) in [5.41, 5.74) is 6.21. The third-order valence-electron chi connectivity index (χ3n) is 6.54. The van der Waals surface area contributed by atoms with Crippen LogP contribution in [0.1, 0.15) is 31.4 Å². The van der Waals surface area contributed by atoms with Gasteiger partial charge in [0, 0.05) is 34.9 Å². The number of rotatable bonds is 2. The van der Waals surface area contributed by atoms with Crippen LogP contribution < -0.4 is 15.5 Å². The van der Waals surface area contributed by atoms with E-state index in [1.807, 2.05) is 54.5 Å². The molecule has 1 saturated heterocycles. The number of anilines is 1. The second-order valence-electron chi connectivity index (χ2n) is 8.57. The van der Waals surface area contributed by atoms with Crippen LogP contribution in [-0.2, 0) is 0 Å². The first kappa shape index (κ1) is 19.1. The van der Waals surface area contributed by atoms with E-state index in [4.69, 9.17) is 4.98 Å². The molecule has 1 fully saturated rings. The maximum atomic E-state index is 13.1. The van der Waals surface area contributed by atoms with E-state index in [0.717, 1.165) is 70.4 Å². The van der Waals surface area contributed by atoms with Crippen LogP contribution >= 0.6 is 0 Å². The number of carbonyl (C=O) groups excluding carboxylic acids is 1. The molecule has 7 nitrogen and oxygen atoms in total. The highest BCUT2D eigenvalue weighted by molar-refractivity contribution is 6.04. The molecule has 3 aromatic heterocycles. The van der Waals surface area contributed by atoms with Crippen LogP contribution in [0, 0.1) is 0 Å². The highest BCUT2D eigenvalue weighted by Crippen LogP contribution is 2.38. The SMILES string of the molecule is CC1NC(=O)N(C2CCNCC2)c2c1cnc1ccc(-c3cnc4ccccc4c3)nc21. The van der Waals surface area contributed by atoms with Gasteiger partial charge in [-0.15, -0.1) is 0 Å². The van der Waals surface area contributed by atoms with Crippen LogP contribution in [0.5, 0.6) is 0 Å². The van der Waals surface area contributed by atoms with Gasteiger partial charge in [0.1, 0.15) is 5.52 Å². The number of nitrogens with zero attached hydrogens (tertiary/aromatic N) is 4. The van der Waals surface area contributed by atoms with Crippen LogP contribution in [0.4, 0.5) is 10.5 Å². The number of hydrogen-bond donors (Lipinski definition) is 2. The number of para-hydroxylation sites is 1. The Balaban J connectivity index is 1.54. The zero-order valence-corrected chi connectivity index (χ0v) is 17.9. The standard InChI is InChI=1S/C25H24N6O/c1-15-19-14-28-22-7-6-21(17-12-16-4-2-3-5-20(16)27-13-17)30-23(22)24(19)31(25(32)29-15)18-8-10-26-11-9-18/h2-7,12-15,18,26H,8-11H2,1H3,(H,29,32). The largest absolute Gasteiger partial charge is 0.331 e. The molecule has 2 N–H and O–H groups in total. The molecule has 5 heterocycles. The van der Waals surface area contributed by atoms with Gasteiger partial charge in [-0.3, -0.25) is 14.9 Å². The molecule has 2 aliphatic heterocycles. The van der Waals surface area contributed by atoms with Crippen molar-refractivity contribution in [3.05, 3.63) is 60.4 Å². The van der Waals surface area contributed by atoms with E-state index in [0.29, 0.717) is 0 Å². The van der Waals surface area contributed by atoms with Gasteiger partial charge in [0.15, 0.2) is 0 Å². The van der Waals surface area contributed by atoms with E-state index < -0.39 is 0 Å². The molecule has 2 amide bonds. The fourth-order valence-corrected chi connectivity index (χ4v) is 4.86. The van der Waals surface area contributed by atoms with Crippen molar-refractivity contribution in [2.45, 2.75) is 31.8 Å². The number of pyridine rings is 3. The van der Waals surface area contributed by atoms with E-state index >= 15 is 0 Å². The lowest BCUT2D eigenvalue weighted by Crippen LogP contribution is -2.53. The highest BCUT2D eigenvalue weighted by Gasteiger charge is 2.36. The van der Waals surface area contributed by atoms with Crippen molar-refractivity contribution in [2.75, 3.05) is 18.0 Å². The average Bonchev–Trinajstić information content (AvgIpc) is 2.84. The van der Waals surface area contributed by atoms with Crippen molar-refractivity contribution >= 4 is 33.7 Å².